The number of halogens is 2. The Bertz CT molecular complexity index is 3140. The smallest absolute Gasteiger partial charge is 0.303 e. The average molecular weight is 1790 g/mol. The van der Waals surface area contributed by atoms with Gasteiger partial charge in [0, 0.05) is 50.4 Å². The van der Waals surface area contributed by atoms with Gasteiger partial charge in [-0.2, -0.15) is 0 Å². The van der Waals surface area contributed by atoms with Gasteiger partial charge in [-0.3, -0.25) is 43.2 Å². The normalized spacial score (nSPS) is 31.1. The molecule has 0 unspecified atom stereocenters. The Morgan fingerprint density at radius 2 is 0.577 bits per heavy atom. The van der Waals surface area contributed by atoms with Gasteiger partial charge in [-0.25, -0.2) is 8.78 Å². The third-order valence-electron chi connectivity index (χ3n) is 23.1. The van der Waals surface area contributed by atoms with Crippen molar-refractivity contribution in [2.24, 2.45) is 34.8 Å². The van der Waals surface area contributed by atoms with Crippen LogP contribution in [-0.4, -0.2) is 350 Å². The first-order valence-electron chi connectivity index (χ1n) is 42.8. The monoisotopic (exact) mass is 1790 g/mol. The lowest BCUT2D eigenvalue weighted by Gasteiger charge is -2.48. The van der Waals surface area contributed by atoms with E-state index in [1.54, 1.807) is 27.7 Å². The van der Waals surface area contributed by atoms with E-state index in [-0.39, 0.29) is 97.9 Å². The Labute approximate surface area is 717 Å². The van der Waals surface area contributed by atoms with Crippen molar-refractivity contribution < 1.29 is 173 Å². The molecule has 42 heteroatoms. The lowest BCUT2D eigenvalue weighted by molar-refractivity contribution is -0.412. The molecular weight excluding hydrogens is 1640 g/mol. The van der Waals surface area contributed by atoms with E-state index in [1.807, 2.05) is 0 Å². The molecule has 0 aromatic heterocycles. The maximum absolute atomic E-state index is 14.7. The molecule has 4 saturated heterocycles. The third kappa shape index (κ3) is 37.7. The zero-order valence-corrected chi connectivity index (χ0v) is 72.6. The summed E-state index contributed by atoms with van der Waals surface area (Å²) in [6, 6.07) is -4.82. The Morgan fingerprint density at radius 3 is 0.846 bits per heavy atom. The summed E-state index contributed by atoms with van der Waals surface area (Å²) in [6.45, 7) is 10.9. The SMILES string of the molecule is CC(=O)[C@@H](N)CCCCCCC[C@]1(O)O[C@H](CO)[C@H](O)[C@H](O)[C@H]1O.CC(=O)[C@H](C)CC(=O)[C@H](C)NC(=O)[C@@H](N)CCCCCCC(F)(F)[C@]1(O)O[C@H](CO)[C@H](O)[C@H](O)[C@H]1O.CC(=O)[C@H](C)CC(=O)[C@H](C)NC(=O)[C@@H](N)CCCCCCC[C@]1(O)O[C@H](CO)[C@H](O)[C@H](O)[C@H]1O.CC(=O)[C@H](C)NC(=O)[C@@H](N)CCCCCCC[C@]1(O)O[C@H](CO)[C@H](O)[C@H](O)[C@H]1O. The van der Waals surface area contributed by atoms with E-state index in [1.165, 1.54) is 34.6 Å². The number of rotatable bonds is 52. The van der Waals surface area contributed by atoms with Gasteiger partial charge in [0.25, 0.3) is 5.79 Å². The van der Waals surface area contributed by atoms with Gasteiger partial charge >= 0.3 is 5.92 Å². The number of hydrogen-bond acceptors (Lipinski definition) is 37. The summed E-state index contributed by atoms with van der Waals surface area (Å²) in [6.07, 6.45) is -12.9. The molecular formula is C81H149F2N7O33. The molecule has 0 radical (unpaired) electrons. The van der Waals surface area contributed by atoms with Crippen LogP contribution in [0.2, 0.25) is 0 Å². The zero-order chi connectivity index (χ0) is 94.4. The van der Waals surface area contributed by atoms with Crippen molar-refractivity contribution in [3.63, 3.8) is 0 Å². The van der Waals surface area contributed by atoms with Crippen molar-refractivity contribution in [1.29, 1.82) is 0 Å². The van der Waals surface area contributed by atoms with Crippen LogP contribution in [0, 0.1) is 11.8 Å². The van der Waals surface area contributed by atoms with Crippen LogP contribution in [0.3, 0.4) is 0 Å². The van der Waals surface area contributed by atoms with Gasteiger partial charge in [-0.05, 0) is 99.8 Å². The first-order chi connectivity index (χ1) is 57.2. The number of alkyl halides is 2. The van der Waals surface area contributed by atoms with E-state index in [4.69, 9.17) is 52.1 Å². The van der Waals surface area contributed by atoms with Crippen LogP contribution < -0.4 is 38.9 Å². The van der Waals surface area contributed by atoms with E-state index in [0.29, 0.717) is 70.6 Å². The molecule has 0 spiro atoms. The Hall–Kier alpha value is -4.83. The van der Waals surface area contributed by atoms with Gasteiger partial charge in [-0.15, -0.1) is 0 Å². The van der Waals surface area contributed by atoms with Gasteiger partial charge in [0.1, 0.15) is 115 Å². The molecule has 40 nitrogen and oxygen atoms in total. The van der Waals surface area contributed by atoms with Crippen molar-refractivity contribution >= 4 is 52.4 Å². The number of amides is 3. The molecule has 4 fully saturated rings. The Balaban J connectivity index is 0.000000828. The number of nitrogens with one attached hydrogen (secondary N) is 3. The highest BCUT2D eigenvalue weighted by atomic mass is 19.3. The quantitative estimate of drug-likeness (QED) is 0.0254. The van der Waals surface area contributed by atoms with Gasteiger partial charge in [-0.1, -0.05) is 110 Å². The number of hydrogen-bond donors (Lipinski definition) is 27. The number of aliphatic hydroxyl groups is 20. The molecule has 720 valence electrons. The highest BCUT2D eigenvalue weighted by molar-refractivity contribution is 5.94. The second-order valence-corrected chi connectivity index (χ2v) is 33.6. The molecule has 0 bridgehead atoms. The summed E-state index contributed by atoms with van der Waals surface area (Å²) >= 11 is 0. The van der Waals surface area contributed by atoms with Crippen LogP contribution in [0.25, 0.3) is 0 Å². The van der Waals surface area contributed by atoms with Crippen molar-refractivity contribution in [2.75, 3.05) is 26.4 Å². The average Bonchev–Trinajstić information content (AvgIpc) is 0.740. The topological polar surface area (TPSA) is 735 Å². The van der Waals surface area contributed by atoms with Gasteiger partial charge in [0.05, 0.1) is 68.7 Å². The number of aliphatic hydroxyl groups excluding tert-OH is 16. The summed E-state index contributed by atoms with van der Waals surface area (Å²) < 4.78 is 49.7. The maximum Gasteiger partial charge on any atom is 0.303 e. The van der Waals surface area contributed by atoms with Crippen LogP contribution in [0.4, 0.5) is 8.78 Å². The van der Waals surface area contributed by atoms with E-state index < -0.39 is 220 Å². The summed E-state index contributed by atoms with van der Waals surface area (Å²) in [5, 5.41) is 204. The number of carbonyl (C=O) groups is 9. The standard InChI is InChI=1S/C23H40F2N2O9.C23H42N2O9.C19H36N2O8.C16H31NO7/c1-12(14(3)29)10-16(30)13(2)27-21(34)15(26)8-6-4-5-7-9-22(24,25)23(35)20(33)19(32)18(31)17(11-28)36-23;1-13(15(3)27)11-17(28)14(2)25-22(32)16(24)9-7-5-4-6-8-10-23(33)21(31)20(30)19(29)18(12-26)34-23;1-11(12(2)23)21-18(27)13(20)8-6-4-3-5-7-9-19(28)17(26)16(25)15(24)14(10-22)29-19;1-10(19)11(17)7-5-3-2-4-6-8-16(23)15(22)14(21)13(20)12(9-18)24-16/h12-13,15,17-20,28,31-33,35H,4-11,26H2,1-3H3,(H,27,34);13-14,16,18-21,26,29-31,33H,4-12,24H2,1-3H3,(H,25,32);11,13-17,22,24-26,28H,3-10,20H2,1-2H3,(H,21,27);11-15,18,20-23H,2-9,17H2,1H3/t12-,13+,15+,17-,18+,19+,20-,23-;13-,14+,16+,18-,19+,20+,21-,23+;11-,13-,14+,15-,16-,17+,19-;11-,12+,13-,14-,15+,16-/m1100/s1. The van der Waals surface area contributed by atoms with Crippen molar-refractivity contribution in [3.8, 4) is 0 Å². The Kier molecular flexibility index (Phi) is 53.4. The van der Waals surface area contributed by atoms with Crippen molar-refractivity contribution in [2.45, 2.75) is 418 Å². The number of Topliss-reactive ketones (excluding diaryl/α,β-unsaturated/α-hetero) is 6. The number of carbonyl (C=O) groups excluding carboxylic acids is 9. The molecule has 4 rings (SSSR count). The van der Waals surface area contributed by atoms with E-state index in [0.717, 1.165) is 57.8 Å². The van der Waals surface area contributed by atoms with E-state index in [9.17, 15) is 144 Å². The van der Waals surface area contributed by atoms with E-state index >= 15 is 0 Å². The highest BCUT2D eigenvalue weighted by Crippen LogP contribution is 2.43. The Morgan fingerprint density at radius 1 is 0.333 bits per heavy atom. The van der Waals surface area contributed by atoms with Crippen LogP contribution >= 0.6 is 0 Å². The molecule has 123 heavy (non-hydrogen) atoms. The first kappa shape index (κ1) is 116. The van der Waals surface area contributed by atoms with E-state index in [2.05, 4.69) is 16.0 Å². The molecule has 4 aliphatic rings. The van der Waals surface area contributed by atoms with Crippen LogP contribution in [0.5, 0.6) is 0 Å². The molecule has 0 aromatic rings. The fourth-order valence-electron chi connectivity index (χ4n) is 13.9. The molecule has 4 aliphatic heterocycles. The number of unbranched alkanes of at least 4 members (excludes halogenated alkanes) is 15. The largest absolute Gasteiger partial charge is 0.394 e. The first-order valence-corrected chi connectivity index (χ1v) is 42.8. The van der Waals surface area contributed by atoms with Gasteiger partial charge in [0.15, 0.2) is 34.7 Å². The zero-order valence-electron chi connectivity index (χ0n) is 72.6. The number of ketones is 6. The molecule has 0 saturated carbocycles. The fourth-order valence-corrected chi connectivity index (χ4v) is 13.9. The van der Waals surface area contributed by atoms with Gasteiger partial charge in [0.2, 0.25) is 17.7 Å². The lowest BCUT2D eigenvalue weighted by atomic mass is 9.87. The molecule has 0 aliphatic carbocycles. The highest BCUT2D eigenvalue weighted by Gasteiger charge is 2.65. The molecule has 29 atom stereocenters. The second-order valence-electron chi connectivity index (χ2n) is 33.6. The second kappa shape index (κ2) is 56.6. The van der Waals surface area contributed by atoms with Crippen molar-refractivity contribution in [3.05, 3.63) is 0 Å². The number of nitrogens with two attached hydrogens (primary N) is 4. The summed E-state index contributed by atoms with van der Waals surface area (Å²) in [5.74, 6) is -16.6. The van der Waals surface area contributed by atoms with Crippen LogP contribution in [-0.2, 0) is 62.1 Å². The predicted octanol–water partition coefficient (Wildman–Crippen LogP) is -4.87. The minimum Gasteiger partial charge on any atom is -0.394 e. The minimum atomic E-state index is -4.00. The summed E-state index contributed by atoms with van der Waals surface area (Å²) in [4.78, 5) is 105. The van der Waals surface area contributed by atoms with Gasteiger partial charge < -0.3 is 160 Å². The van der Waals surface area contributed by atoms with Crippen LogP contribution in [0.15, 0.2) is 0 Å². The molecule has 31 N–H and O–H groups in total. The maximum atomic E-state index is 14.7. The summed E-state index contributed by atoms with van der Waals surface area (Å²) in [5.41, 5.74) is 23.2. The third-order valence-corrected chi connectivity index (χ3v) is 23.1. The fraction of sp³-hybridized carbons (Fsp3) is 0.889. The molecule has 0 aromatic carbocycles. The summed E-state index contributed by atoms with van der Waals surface area (Å²) in [7, 11) is 0. The minimum absolute atomic E-state index is 0.00798. The molecule has 4 heterocycles. The lowest BCUT2D eigenvalue weighted by Crippen LogP contribution is -2.71. The predicted molar refractivity (Wildman–Crippen MR) is 434 cm³/mol. The van der Waals surface area contributed by atoms with Crippen LogP contribution in [0.1, 0.15) is 249 Å². The molecule has 3 amide bonds. The number of ether oxygens (including phenoxy) is 4. The van der Waals surface area contributed by atoms with Crippen molar-refractivity contribution in [1.82, 2.24) is 16.0 Å².